The van der Waals surface area contributed by atoms with Crippen molar-refractivity contribution in [2.75, 3.05) is 26.7 Å². The molecule has 0 spiro atoms. The van der Waals surface area contributed by atoms with Crippen LogP contribution in [0.25, 0.3) is 0 Å². The third kappa shape index (κ3) is 5.94. The van der Waals surface area contributed by atoms with Gasteiger partial charge in [0.2, 0.25) is 5.91 Å². The average molecular weight is 201 g/mol. The summed E-state index contributed by atoms with van der Waals surface area (Å²) < 4.78 is 0. The lowest BCUT2D eigenvalue weighted by Gasteiger charge is -2.20. The molecule has 1 amide bonds. The molecule has 1 atom stereocenters. The van der Waals surface area contributed by atoms with Gasteiger partial charge in [0.25, 0.3) is 0 Å². The van der Waals surface area contributed by atoms with E-state index in [1.165, 1.54) is 0 Å². The number of nitrogens with two attached hydrogens (primary N) is 1. The Kier molecular flexibility index (Phi) is 6.49. The first-order valence-electron chi connectivity index (χ1n) is 5.14. The second kappa shape index (κ2) is 6.79. The number of amides is 1. The van der Waals surface area contributed by atoms with Gasteiger partial charge in [-0.2, -0.15) is 0 Å². The molecule has 0 aromatic rings. The Balaban J connectivity index is 3.65. The summed E-state index contributed by atoms with van der Waals surface area (Å²) in [6, 6.07) is 0.396. The fraction of sp³-hybridized carbons (Fsp3) is 0.900. The Morgan fingerprint density at radius 3 is 2.43 bits per heavy atom. The van der Waals surface area contributed by atoms with Crippen molar-refractivity contribution in [1.82, 2.24) is 10.2 Å². The molecule has 0 aromatic heterocycles. The lowest BCUT2D eigenvalue weighted by Crippen LogP contribution is -2.40. The van der Waals surface area contributed by atoms with Gasteiger partial charge in [0.1, 0.15) is 0 Å². The minimum atomic E-state index is 0.0708. The van der Waals surface area contributed by atoms with Crippen LogP contribution in [-0.4, -0.2) is 43.5 Å². The maximum Gasteiger partial charge on any atom is 0.234 e. The summed E-state index contributed by atoms with van der Waals surface area (Å²) in [5.74, 6) is 0.421. The number of nitrogens with one attached hydrogen (secondary N) is 1. The van der Waals surface area contributed by atoms with E-state index in [1.54, 1.807) is 0 Å². The molecule has 4 heteroatoms. The van der Waals surface area contributed by atoms with Crippen LogP contribution < -0.4 is 11.1 Å². The highest BCUT2D eigenvalue weighted by Crippen LogP contribution is 1.92. The lowest BCUT2D eigenvalue weighted by molar-refractivity contribution is -0.122. The zero-order valence-electron chi connectivity index (χ0n) is 9.71. The molecular formula is C10H23N3O. The normalized spacial score (nSPS) is 13.4. The molecule has 0 saturated heterocycles. The fourth-order valence-electron chi connectivity index (χ4n) is 0.836. The Morgan fingerprint density at radius 2 is 2.00 bits per heavy atom. The van der Waals surface area contributed by atoms with Gasteiger partial charge >= 0.3 is 0 Å². The van der Waals surface area contributed by atoms with Crippen LogP contribution >= 0.6 is 0 Å². The number of rotatable bonds is 6. The van der Waals surface area contributed by atoms with Crippen LogP contribution in [0.1, 0.15) is 20.8 Å². The predicted molar refractivity (Wildman–Crippen MR) is 59.0 cm³/mol. The van der Waals surface area contributed by atoms with Gasteiger partial charge < -0.3 is 11.1 Å². The molecule has 0 heterocycles. The molecule has 4 nitrogen and oxygen atoms in total. The topological polar surface area (TPSA) is 58.4 Å². The van der Waals surface area contributed by atoms with Crippen molar-refractivity contribution < 1.29 is 4.79 Å². The van der Waals surface area contributed by atoms with E-state index in [1.807, 2.05) is 18.9 Å². The first-order valence-corrected chi connectivity index (χ1v) is 5.14. The van der Waals surface area contributed by atoms with Gasteiger partial charge in [-0.1, -0.05) is 6.92 Å². The van der Waals surface area contributed by atoms with E-state index in [0.29, 0.717) is 31.6 Å². The minimum absolute atomic E-state index is 0.0708. The van der Waals surface area contributed by atoms with Crippen molar-refractivity contribution in [2.45, 2.75) is 26.8 Å². The average Bonchev–Trinajstić information content (AvgIpc) is 2.13. The fourth-order valence-corrected chi connectivity index (χ4v) is 0.836. The molecule has 0 radical (unpaired) electrons. The Bertz CT molecular complexity index is 171. The third-order valence-corrected chi connectivity index (χ3v) is 2.32. The summed E-state index contributed by atoms with van der Waals surface area (Å²) >= 11 is 0. The standard InChI is InChI=1S/C10H23N3O/c1-8(2)13(4)7-10(14)12-6-9(3)5-11/h8-9H,5-7,11H2,1-4H3,(H,12,14). The molecule has 0 bridgehead atoms. The van der Waals surface area contributed by atoms with E-state index >= 15 is 0 Å². The summed E-state index contributed by atoms with van der Waals surface area (Å²) in [5.41, 5.74) is 5.45. The van der Waals surface area contributed by atoms with Crippen LogP contribution in [0.5, 0.6) is 0 Å². The molecule has 14 heavy (non-hydrogen) atoms. The second-order valence-electron chi connectivity index (χ2n) is 4.15. The molecule has 0 aliphatic carbocycles. The first-order chi connectivity index (χ1) is 6.47. The van der Waals surface area contributed by atoms with Crippen molar-refractivity contribution in [3.8, 4) is 0 Å². The zero-order valence-corrected chi connectivity index (χ0v) is 9.71. The number of hydrogen-bond donors (Lipinski definition) is 2. The van der Waals surface area contributed by atoms with Gasteiger partial charge in [0.05, 0.1) is 6.54 Å². The van der Waals surface area contributed by atoms with E-state index < -0.39 is 0 Å². The highest BCUT2D eigenvalue weighted by Gasteiger charge is 2.09. The van der Waals surface area contributed by atoms with E-state index in [4.69, 9.17) is 5.73 Å². The van der Waals surface area contributed by atoms with Crippen molar-refractivity contribution >= 4 is 5.91 Å². The van der Waals surface area contributed by atoms with Crippen LogP contribution in [0, 0.1) is 5.92 Å². The number of hydrogen-bond acceptors (Lipinski definition) is 3. The Hall–Kier alpha value is -0.610. The van der Waals surface area contributed by atoms with Crippen molar-refractivity contribution in [1.29, 1.82) is 0 Å². The molecule has 0 saturated carbocycles. The smallest absolute Gasteiger partial charge is 0.234 e. The van der Waals surface area contributed by atoms with Gasteiger partial charge in [-0.15, -0.1) is 0 Å². The van der Waals surface area contributed by atoms with E-state index in [0.717, 1.165) is 0 Å². The van der Waals surface area contributed by atoms with Gasteiger partial charge in [0, 0.05) is 12.6 Å². The van der Waals surface area contributed by atoms with Gasteiger partial charge in [-0.25, -0.2) is 0 Å². The molecule has 0 aromatic carbocycles. The Labute approximate surface area is 86.8 Å². The van der Waals surface area contributed by atoms with Crippen LogP contribution in [0.15, 0.2) is 0 Å². The van der Waals surface area contributed by atoms with Crippen LogP contribution in [0.2, 0.25) is 0 Å². The Morgan fingerprint density at radius 1 is 1.43 bits per heavy atom. The molecular weight excluding hydrogens is 178 g/mol. The summed E-state index contributed by atoms with van der Waals surface area (Å²) in [5, 5.41) is 2.86. The van der Waals surface area contributed by atoms with Crippen LogP contribution in [0.3, 0.4) is 0 Å². The number of likely N-dealkylation sites (N-methyl/N-ethyl adjacent to an activating group) is 1. The highest BCUT2D eigenvalue weighted by atomic mass is 16.2. The largest absolute Gasteiger partial charge is 0.355 e. The maximum atomic E-state index is 11.4. The van der Waals surface area contributed by atoms with Crippen molar-refractivity contribution in [3.63, 3.8) is 0 Å². The SMILES string of the molecule is CC(CN)CNC(=O)CN(C)C(C)C. The van der Waals surface area contributed by atoms with Crippen molar-refractivity contribution in [3.05, 3.63) is 0 Å². The number of carbonyl (C=O) groups is 1. The van der Waals surface area contributed by atoms with Gasteiger partial charge in [-0.05, 0) is 33.4 Å². The number of nitrogens with zero attached hydrogens (tertiary/aromatic N) is 1. The third-order valence-electron chi connectivity index (χ3n) is 2.32. The van der Waals surface area contributed by atoms with Gasteiger partial charge in [-0.3, -0.25) is 9.69 Å². The quantitative estimate of drug-likeness (QED) is 0.638. The van der Waals surface area contributed by atoms with Crippen molar-refractivity contribution in [2.24, 2.45) is 11.7 Å². The molecule has 0 aliphatic heterocycles. The minimum Gasteiger partial charge on any atom is -0.355 e. The molecule has 0 aliphatic rings. The lowest BCUT2D eigenvalue weighted by atomic mass is 10.2. The number of carbonyl (C=O) groups excluding carboxylic acids is 1. The van der Waals surface area contributed by atoms with Crippen LogP contribution in [0.4, 0.5) is 0 Å². The van der Waals surface area contributed by atoms with Crippen LogP contribution in [-0.2, 0) is 4.79 Å². The maximum absolute atomic E-state index is 11.4. The molecule has 3 N–H and O–H groups in total. The van der Waals surface area contributed by atoms with E-state index in [9.17, 15) is 4.79 Å². The molecule has 0 rings (SSSR count). The van der Waals surface area contributed by atoms with E-state index in [-0.39, 0.29) is 5.91 Å². The second-order valence-corrected chi connectivity index (χ2v) is 4.15. The summed E-state index contributed by atoms with van der Waals surface area (Å²) in [4.78, 5) is 13.4. The predicted octanol–water partition coefficient (Wildman–Crippen LogP) is 0.0376. The zero-order chi connectivity index (χ0) is 11.1. The van der Waals surface area contributed by atoms with E-state index in [2.05, 4.69) is 19.2 Å². The molecule has 1 unspecified atom stereocenters. The first kappa shape index (κ1) is 13.4. The highest BCUT2D eigenvalue weighted by molar-refractivity contribution is 5.77. The summed E-state index contributed by atoms with van der Waals surface area (Å²) in [6.45, 7) is 7.88. The summed E-state index contributed by atoms with van der Waals surface area (Å²) in [6.07, 6.45) is 0. The summed E-state index contributed by atoms with van der Waals surface area (Å²) in [7, 11) is 1.94. The molecule has 84 valence electrons. The monoisotopic (exact) mass is 201 g/mol. The van der Waals surface area contributed by atoms with Gasteiger partial charge in [0.15, 0.2) is 0 Å². The molecule has 0 fully saturated rings.